The van der Waals surface area contributed by atoms with Gasteiger partial charge in [0.2, 0.25) is 0 Å². The lowest BCUT2D eigenvalue weighted by atomic mass is 10.0. The highest BCUT2D eigenvalue weighted by atomic mass is 79.9. The molecule has 2 amide bonds. The van der Waals surface area contributed by atoms with E-state index in [1.807, 2.05) is 26.0 Å². The van der Waals surface area contributed by atoms with Crippen molar-refractivity contribution in [3.63, 3.8) is 0 Å². The number of nitrogens with zero attached hydrogens (tertiary/aromatic N) is 2. The molecule has 0 saturated heterocycles. The van der Waals surface area contributed by atoms with Gasteiger partial charge >= 0.3 is 0 Å². The summed E-state index contributed by atoms with van der Waals surface area (Å²) in [5.41, 5.74) is 4.37. The fourth-order valence-corrected chi connectivity index (χ4v) is 2.92. The van der Waals surface area contributed by atoms with Crippen LogP contribution in [0.2, 0.25) is 0 Å². The van der Waals surface area contributed by atoms with E-state index in [9.17, 15) is 9.59 Å². The van der Waals surface area contributed by atoms with Crippen molar-refractivity contribution in [1.82, 2.24) is 15.4 Å². The van der Waals surface area contributed by atoms with Crippen molar-refractivity contribution in [2.24, 2.45) is 5.92 Å². The Bertz CT molecular complexity index is 779. The quantitative estimate of drug-likeness (QED) is 0.847. The van der Waals surface area contributed by atoms with Crippen molar-refractivity contribution in [3.05, 3.63) is 58.3 Å². The number of aromatic nitrogens is 1. The van der Waals surface area contributed by atoms with Crippen molar-refractivity contribution in [2.45, 2.75) is 20.0 Å². The maximum absolute atomic E-state index is 12.9. The van der Waals surface area contributed by atoms with Crippen molar-refractivity contribution < 1.29 is 9.59 Å². The summed E-state index contributed by atoms with van der Waals surface area (Å²) in [5.74, 6) is -0.525. The Morgan fingerprint density at radius 2 is 2.17 bits per heavy atom. The molecule has 0 bridgehead atoms. The van der Waals surface area contributed by atoms with Gasteiger partial charge in [0.25, 0.3) is 11.8 Å². The maximum Gasteiger partial charge on any atom is 0.276 e. The number of pyridine rings is 1. The number of carbonyl (C=O) groups is 2. The number of hydrogen-bond acceptors (Lipinski definition) is 4. The molecule has 1 aromatic carbocycles. The number of hydrogen-bond donors (Lipinski definition) is 2. The van der Waals surface area contributed by atoms with E-state index >= 15 is 0 Å². The summed E-state index contributed by atoms with van der Waals surface area (Å²) in [6.07, 6.45) is 2.72. The minimum absolute atomic E-state index is 0.0972. The zero-order valence-electron chi connectivity index (χ0n) is 13.3. The van der Waals surface area contributed by atoms with Gasteiger partial charge in [-0.2, -0.15) is 0 Å². The predicted molar refractivity (Wildman–Crippen MR) is 94.3 cm³/mol. The van der Waals surface area contributed by atoms with Crippen molar-refractivity contribution in [1.29, 1.82) is 0 Å². The van der Waals surface area contributed by atoms with Crippen LogP contribution in [-0.2, 0) is 0 Å². The van der Waals surface area contributed by atoms with E-state index in [-0.39, 0.29) is 23.9 Å². The van der Waals surface area contributed by atoms with Crippen molar-refractivity contribution >= 4 is 33.4 Å². The van der Waals surface area contributed by atoms with E-state index in [2.05, 4.69) is 31.7 Å². The molecule has 2 aromatic rings. The van der Waals surface area contributed by atoms with E-state index in [1.165, 1.54) is 11.2 Å². The van der Waals surface area contributed by atoms with Crippen LogP contribution in [0.3, 0.4) is 0 Å². The first-order valence-electron chi connectivity index (χ1n) is 7.58. The first kappa shape index (κ1) is 16.4. The van der Waals surface area contributed by atoms with Crippen LogP contribution in [0.4, 0.5) is 5.69 Å². The Kier molecular flexibility index (Phi) is 4.53. The fraction of sp³-hybridized carbons (Fsp3) is 0.235. The number of hydrazine groups is 1. The number of nitrogens with one attached hydrogen (secondary N) is 2. The van der Waals surface area contributed by atoms with Gasteiger partial charge in [0, 0.05) is 22.6 Å². The lowest BCUT2D eigenvalue weighted by Gasteiger charge is -2.39. The number of benzene rings is 1. The van der Waals surface area contributed by atoms with Gasteiger partial charge in [0.1, 0.15) is 6.17 Å². The van der Waals surface area contributed by atoms with Gasteiger partial charge in [-0.05, 0) is 36.2 Å². The van der Waals surface area contributed by atoms with Crippen molar-refractivity contribution in [2.75, 3.05) is 5.32 Å². The standard InChI is InChI=1S/C17H17BrN4O2/c1-10(2)15-20-14-6-5-12(18)8-13(14)17(24)22(15)21-16(23)11-4-3-7-19-9-11/h3-10,15,20H,1-2H3,(H,21,23). The molecule has 1 unspecified atom stereocenters. The van der Waals surface area contributed by atoms with E-state index in [0.717, 1.165) is 10.2 Å². The van der Waals surface area contributed by atoms with E-state index in [4.69, 9.17) is 0 Å². The first-order chi connectivity index (χ1) is 11.5. The van der Waals surface area contributed by atoms with E-state index in [1.54, 1.807) is 24.4 Å². The van der Waals surface area contributed by atoms with E-state index < -0.39 is 0 Å². The van der Waals surface area contributed by atoms with Gasteiger partial charge in [0.05, 0.1) is 11.1 Å². The molecule has 1 aromatic heterocycles. The number of carbonyl (C=O) groups excluding carboxylic acids is 2. The normalized spacial score (nSPS) is 16.6. The van der Waals surface area contributed by atoms with Crippen LogP contribution in [0.25, 0.3) is 0 Å². The minimum atomic E-state index is -0.373. The number of fused-ring (bicyclic) bond motifs is 1. The second kappa shape index (κ2) is 6.60. The average Bonchev–Trinajstić information content (AvgIpc) is 2.58. The van der Waals surface area contributed by atoms with Crippen LogP contribution in [0.15, 0.2) is 47.2 Å². The molecule has 1 aliphatic rings. The molecular formula is C17H17BrN4O2. The van der Waals surface area contributed by atoms with Gasteiger partial charge in [0.15, 0.2) is 0 Å². The predicted octanol–water partition coefficient (Wildman–Crippen LogP) is 3.04. The molecule has 124 valence electrons. The summed E-state index contributed by atoms with van der Waals surface area (Å²) < 4.78 is 0.804. The smallest absolute Gasteiger partial charge is 0.276 e. The zero-order chi connectivity index (χ0) is 17.3. The zero-order valence-corrected chi connectivity index (χ0v) is 14.9. The Hall–Kier alpha value is -2.41. The van der Waals surface area contributed by atoms with Crippen LogP contribution in [-0.4, -0.2) is 28.0 Å². The van der Waals surface area contributed by atoms with Crippen LogP contribution >= 0.6 is 15.9 Å². The molecule has 0 aliphatic carbocycles. The molecule has 0 saturated carbocycles. The summed E-state index contributed by atoms with van der Waals surface area (Å²) in [4.78, 5) is 29.2. The fourth-order valence-electron chi connectivity index (χ4n) is 2.56. The van der Waals surface area contributed by atoms with Crippen LogP contribution in [0, 0.1) is 5.92 Å². The second-order valence-corrected chi connectivity index (χ2v) is 6.80. The van der Waals surface area contributed by atoms with Gasteiger partial charge in [-0.15, -0.1) is 0 Å². The topological polar surface area (TPSA) is 74.3 Å². The number of halogens is 1. The highest BCUT2D eigenvalue weighted by Gasteiger charge is 2.35. The van der Waals surface area contributed by atoms with Crippen molar-refractivity contribution in [3.8, 4) is 0 Å². The lowest BCUT2D eigenvalue weighted by Crippen LogP contribution is -2.59. The van der Waals surface area contributed by atoms with Crippen LogP contribution in [0.1, 0.15) is 34.6 Å². The molecule has 0 spiro atoms. The monoisotopic (exact) mass is 388 g/mol. The third-order valence-electron chi connectivity index (χ3n) is 3.79. The number of rotatable bonds is 3. The Labute approximate surface area is 148 Å². The van der Waals surface area contributed by atoms with Gasteiger partial charge < -0.3 is 5.32 Å². The average molecular weight is 389 g/mol. The maximum atomic E-state index is 12.9. The lowest BCUT2D eigenvalue weighted by molar-refractivity contribution is 0.0438. The molecule has 0 radical (unpaired) electrons. The molecule has 1 aliphatic heterocycles. The number of amides is 2. The second-order valence-electron chi connectivity index (χ2n) is 5.88. The summed E-state index contributed by atoms with van der Waals surface area (Å²) in [6.45, 7) is 3.97. The molecular weight excluding hydrogens is 372 g/mol. The Morgan fingerprint density at radius 3 is 2.83 bits per heavy atom. The third-order valence-corrected chi connectivity index (χ3v) is 4.28. The minimum Gasteiger partial charge on any atom is -0.363 e. The summed E-state index contributed by atoms with van der Waals surface area (Å²) in [5, 5.41) is 4.67. The Morgan fingerprint density at radius 1 is 1.38 bits per heavy atom. The van der Waals surface area contributed by atoms with Gasteiger partial charge in [-0.25, -0.2) is 5.01 Å². The summed E-state index contributed by atoms with van der Waals surface area (Å²) in [6, 6.07) is 8.80. The van der Waals surface area contributed by atoms with Gasteiger partial charge in [-0.3, -0.25) is 20.0 Å². The number of anilines is 1. The highest BCUT2D eigenvalue weighted by Crippen LogP contribution is 2.29. The molecule has 24 heavy (non-hydrogen) atoms. The molecule has 2 heterocycles. The van der Waals surface area contributed by atoms with Crippen LogP contribution < -0.4 is 10.7 Å². The molecule has 3 rings (SSSR count). The summed E-state index contributed by atoms with van der Waals surface area (Å²) >= 11 is 3.38. The summed E-state index contributed by atoms with van der Waals surface area (Å²) in [7, 11) is 0. The first-order valence-corrected chi connectivity index (χ1v) is 8.37. The van der Waals surface area contributed by atoms with Crippen LogP contribution in [0.5, 0.6) is 0 Å². The largest absolute Gasteiger partial charge is 0.363 e. The van der Waals surface area contributed by atoms with E-state index in [0.29, 0.717) is 11.1 Å². The van der Waals surface area contributed by atoms with Gasteiger partial charge in [-0.1, -0.05) is 29.8 Å². The third kappa shape index (κ3) is 3.12. The SMILES string of the molecule is CC(C)C1Nc2ccc(Br)cc2C(=O)N1NC(=O)c1cccnc1. The molecule has 6 nitrogen and oxygen atoms in total. The molecule has 7 heteroatoms. The molecule has 2 N–H and O–H groups in total. The molecule has 1 atom stereocenters. The Balaban J connectivity index is 1.92. The molecule has 0 fully saturated rings. The highest BCUT2D eigenvalue weighted by molar-refractivity contribution is 9.10.